The van der Waals surface area contributed by atoms with Crippen LogP contribution in [-0.2, 0) is 0 Å². The number of nitrogens with two attached hydrogens (primary N) is 1. The molecule has 0 spiro atoms. The Morgan fingerprint density at radius 3 is 2.45 bits per heavy atom. The van der Waals surface area contributed by atoms with Crippen LogP contribution in [0.5, 0.6) is 0 Å². The van der Waals surface area contributed by atoms with E-state index in [9.17, 15) is 0 Å². The summed E-state index contributed by atoms with van der Waals surface area (Å²) in [4.78, 5) is 2.39. The zero-order valence-electron chi connectivity index (χ0n) is 6.97. The van der Waals surface area contributed by atoms with Gasteiger partial charge in [-0.1, -0.05) is 6.42 Å². The molecule has 0 aromatic carbocycles. The van der Waals surface area contributed by atoms with Crippen molar-refractivity contribution in [2.75, 3.05) is 19.6 Å². The molecule has 0 aliphatic carbocycles. The molecule has 3 heteroatoms. The zero-order chi connectivity index (χ0) is 8.10. The van der Waals surface area contributed by atoms with Crippen molar-refractivity contribution in [2.45, 2.75) is 25.7 Å². The summed E-state index contributed by atoms with van der Waals surface area (Å²) in [6.45, 7) is 3.38. The summed E-state index contributed by atoms with van der Waals surface area (Å²) in [5.74, 6) is 0.315. The first kappa shape index (κ1) is 8.53. The van der Waals surface area contributed by atoms with Crippen LogP contribution >= 0.6 is 0 Å². The molecule has 3 N–H and O–H groups in total. The molecule has 64 valence electrons. The topological polar surface area (TPSA) is 53.1 Å². The number of hydrogen-bond acceptors (Lipinski definition) is 2. The minimum Gasteiger partial charge on any atom is -0.388 e. The van der Waals surface area contributed by atoms with E-state index in [1.165, 1.54) is 32.4 Å². The zero-order valence-corrected chi connectivity index (χ0v) is 6.97. The molecular weight excluding hydrogens is 138 g/mol. The standard InChI is InChI=1S/C8H17N3/c9-8(10)4-7-11-5-2-1-3-6-11/h1-7H2,(H3,9,10). The molecule has 0 aromatic rings. The molecule has 1 rings (SSSR count). The van der Waals surface area contributed by atoms with Crippen molar-refractivity contribution >= 4 is 5.84 Å². The Labute approximate surface area is 68.1 Å². The monoisotopic (exact) mass is 155 g/mol. The molecule has 0 bridgehead atoms. The highest BCUT2D eigenvalue weighted by molar-refractivity contribution is 5.76. The van der Waals surface area contributed by atoms with E-state index in [0.717, 1.165) is 13.0 Å². The predicted octanol–water partition coefficient (Wildman–Crippen LogP) is 0.798. The lowest BCUT2D eigenvalue weighted by Gasteiger charge is -2.25. The SMILES string of the molecule is N=C(N)CCN1CCCCC1. The van der Waals surface area contributed by atoms with Gasteiger partial charge < -0.3 is 10.6 Å². The van der Waals surface area contributed by atoms with Crippen molar-refractivity contribution in [1.29, 1.82) is 5.41 Å². The smallest absolute Gasteiger partial charge is 0.0918 e. The molecule has 0 radical (unpaired) electrons. The molecule has 0 aromatic heterocycles. The van der Waals surface area contributed by atoms with Crippen LogP contribution in [-0.4, -0.2) is 30.4 Å². The van der Waals surface area contributed by atoms with Crippen molar-refractivity contribution in [2.24, 2.45) is 5.73 Å². The van der Waals surface area contributed by atoms with E-state index < -0.39 is 0 Å². The number of hydrogen-bond donors (Lipinski definition) is 2. The fourth-order valence-electron chi connectivity index (χ4n) is 1.46. The maximum absolute atomic E-state index is 7.06. The summed E-state index contributed by atoms with van der Waals surface area (Å²) in [6, 6.07) is 0. The molecule has 1 fully saturated rings. The fourth-order valence-corrected chi connectivity index (χ4v) is 1.46. The van der Waals surface area contributed by atoms with Crippen molar-refractivity contribution < 1.29 is 0 Å². The summed E-state index contributed by atoms with van der Waals surface area (Å²) in [7, 11) is 0. The summed E-state index contributed by atoms with van der Waals surface area (Å²) < 4.78 is 0. The van der Waals surface area contributed by atoms with Crippen LogP contribution in [0.3, 0.4) is 0 Å². The molecule has 1 aliphatic rings. The molecule has 1 saturated heterocycles. The quantitative estimate of drug-likeness (QED) is 0.468. The van der Waals surface area contributed by atoms with Gasteiger partial charge in [0.25, 0.3) is 0 Å². The Kier molecular flexibility index (Phi) is 3.36. The van der Waals surface area contributed by atoms with Crippen molar-refractivity contribution in [3.8, 4) is 0 Å². The van der Waals surface area contributed by atoms with E-state index in [1.807, 2.05) is 0 Å². The summed E-state index contributed by atoms with van der Waals surface area (Å²) >= 11 is 0. The van der Waals surface area contributed by atoms with Crippen LogP contribution in [0, 0.1) is 5.41 Å². The number of likely N-dealkylation sites (tertiary alicyclic amines) is 1. The van der Waals surface area contributed by atoms with Gasteiger partial charge in [-0.15, -0.1) is 0 Å². The minimum absolute atomic E-state index is 0.315. The number of rotatable bonds is 3. The Bertz CT molecular complexity index is 127. The van der Waals surface area contributed by atoms with E-state index >= 15 is 0 Å². The van der Waals surface area contributed by atoms with E-state index in [2.05, 4.69) is 4.90 Å². The predicted molar refractivity (Wildman–Crippen MR) is 46.8 cm³/mol. The lowest BCUT2D eigenvalue weighted by atomic mass is 10.1. The normalized spacial score (nSPS) is 20.0. The van der Waals surface area contributed by atoms with Gasteiger partial charge in [-0.25, -0.2) is 0 Å². The summed E-state index contributed by atoms with van der Waals surface area (Å²) in [5.41, 5.74) is 5.27. The third-order valence-corrected chi connectivity index (χ3v) is 2.15. The molecule has 0 saturated carbocycles. The van der Waals surface area contributed by atoms with Crippen LogP contribution in [0.15, 0.2) is 0 Å². The molecule has 1 heterocycles. The maximum Gasteiger partial charge on any atom is 0.0918 e. The third-order valence-electron chi connectivity index (χ3n) is 2.15. The van der Waals surface area contributed by atoms with Crippen LogP contribution < -0.4 is 5.73 Å². The Morgan fingerprint density at radius 1 is 1.27 bits per heavy atom. The van der Waals surface area contributed by atoms with E-state index in [0.29, 0.717) is 5.84 Å². The van der Waals surface area contributed by atoms with Gasteiger partial charge in [0.15, 0.2) is 0 Å². The Morgan fingerprint density at radius 2 is 1.91 bits per heavy atom. The highest BCUT2D eigenvalue weighted by Gasteiger charge is 2.08. The fraction of sp³-hybridized carbons (Fsp3) is 0.875. The van der Waals surface area contributed by atoms with E-state index in [4.69, 9.17) is 11.1 Å². The number of nitrogens with zero attached hydrogens (tertiary/aromatic N) is 1. The average molecular weight is 155 g/mol. The summed E-state index contributed by atoms with van der Waals surface area (Å²) in [5, 5.41) is 7.06. The highest BCUT2D eigenvalue weighted by Crippen LogP contribution is 2.08. The highest BCUT2D eigenvalue weighted by atomic mass is 15.1. The molecule has 1 aliphatic heterocycles. The third kappa shape index (κ3) is 3.37. The lowest BCUT2D eigenvalue weighted by Crippen LogP contribution is -2.32. The van der Waals surface area contributed by atoms with Crippen LogP contribution in [0.1, 0.15) is 25.7 Å². The van der Waals surface area contributed by atoms with Gasteiger partial charge >= 0.3 is 0 Å². The maximum atomic E-state index is 7.06. The average Bonchev–Trinajstić information content (AvgIpc) is 2.03. The van der Waals surface area contributed by atoms with Crippen LogP contribution in [0.4, 0.5) is 0 Å². The van der Waals surface area contributed by atoms with Gasteiger partial charge in [-0.3, -0.25) is 5.41 Å². The minimum atomic E-state index is 0.315. The second kappa shape index (κ2) is 4.34. The first-order chi connectivity index (χ1) is 5.29. The van der Waals surface area contributed by atoms with Gasteiger partial charge in [0, 0.05) is 13.0 Å². The van der Waals surface area contributed by atoms with Crippen LogP contribution in [0.25, 0.3) is 0 Å². The number of nitrogens with one attached hydrogen (secondary N) is 1. The van der Waals surface area contributed by atoms with Gasteiger partial charge in [0.05, 0.1) is 5.84 Å². The number of amidine groups is 1. The first-order valence-electron chi connectivity index (χ1n) is 4.34. The largest absolute Gasteiger partial charge is 0.388 e. The van der Waals surface area contributed by atoms with Gasteiger partial charge in [0.2, 0.25) is 0 Å². The van der Waals surface area contributed by atoms with Crippen molar-refractivity contribution in [3.63, 3.8) is 0 Å². The Balaban J connectivity index is 2.09. The van der Waals surface area contributed by atoms with Gasteiger partial charge in [0.1, 0.15) is 0 Å². The van der Waals surface area contributed by atoms with Gasteiger partial charge in [-0.05, 0) is 25.9 Å². The van der Waals surface area contributed by atoms with E-state index in [1.54, 1.807) is 0 Å². The van der Waals surface area contributed by atoms with Gasteiger partial charge in [-0.2, -0.15) is 0 Å². The molecule has 0 atom stereocenters. The second-order valence-corrected chi connectivity index (χ2v) is 3.18. The van der Waals surface area contributed by atoms with Crippen LogP contribution in [0.2, 0.25) is 0 Å². The molecule has 11 heavy (non-hydrogen) atoms. The number of piperidine rings is 1. The molecule has 0 amide bonds. The second-order valence-electron chi connectivity index (χ2n) is 3.18. The Hall–Kier alpha value is -0.570. The lowest BCUT2D eigenvalue weighted by molar-refractivity contribution is 0.234. The molecule has 3 nitrogen and oxygen atoms in total. The van der Waals surface area contributed by atoms with Crippen molar-refractivity contribution in [3.05, 3.63) is 0 Å². The molecular formula is C8H17N3. The van der Waals surface area contributed by atoms with Crippen molar-refractivity contribution in [1.82, 2.24) is 4.90 Å². The molecule has 0 unspecified atom stereocenters. The first-order valence-corrected chi connectivity index (χ1v) is 4.34. The van der Waals surface area contributed by atoms with E-state index in [-0.39, 0.29) is 0 Å². The summed E-state index contributed by atoms with van der Waals surface area (Å²) in [6.07, 6.45) is 4.74.